The molecular formula is C16H27N3O2. The first-order valence-electron chi connectivity index (χ1n) is 8.19. The van der Waals surface area contributed by atoms with Crippen molar-refractivity contribution in [2.24, 2.45) is 0 Å². The van der Waals surface area contributed by atoms with Crippen LogP contribution in [0.1, 0.15) is 49.9 Å². The number of hydrogen-bond donors (Lipinski definition) is 1. The smallest absolute Gasteiger partial charge is 0.0957 e. The fraction of sp³-hybridized carbons (Fsp3) is 0.812. The predicted octanol–water partition coefficient (Wildman–Crippen LogP) is 2.20. The highest BCUT2D eigenvalue weighted by Crippen LogP contribution is 2.37. The fourth-order valence-electron chi connectivity index (χ4n) is 3.37. The zero-order chi connectivity index (χ0) is 14.7. The van der Waals surface area contributed by atoms with E-state index in [0.29, 0.717) is 6.04 Å². The Morgan fingerprint density at radius 2 is 2.38 bits per heavy atom. The maximum absolute atomic E-state index is 6.02. The van der Waals surface area contributed by atoms with Crippen LogP contribution in [0.4, 0.5) is 0 Å². The summed E-state index contributed by atoms with van der Waals surface area (Å²) in [5, 5.41) is 8.21. The van der Waals surface area contributed by atoms with Gasteiger partial charge in [0.05, 0.1) is 23.9 Å². The van der Waals surface area contributed by atoms with Crippen molar-refractivity contribution in [1.29, 1.82) is 0 Å². The average molecular weight is 293 g/mol. The molecule has 3 heterocycles. The molecule has 0 bridgehead atoms. The molecule has 2 atom stereocenters. The zero-order valence-electron chi connectivity index (χ0n) is 13.2. The number of nitrogens with zero attached hydrogens (tertiary/aromatic N) is 2. The van der Waals surface area contributed by atoms with Crippen LogP contribution in [0.3, 0.4) is 0 Å². The molecule has 1 spiro atoms. The third kappa shape index (κ3) is 3.30. The second kappa shape index (κ2) is 6.46. The van der Waals surface area contributed by atoms with E-state index in [-0.39, 0.29) is 5.60 Å². The highest BCUT2D eigenvalue weighted by atomic mass is 16.6. The third-order valence-electron chi connectivity index (χ3n) is 4.67. The summed E-state index contributed by atoms with van der Waals surface area (Å²) in [5.74, 6) is 0. The molecule has 0 saturated carbocycles. The van der Waals surface area contributed by atoms with E-state index >= 15 is 0 Å². The van der Waals surface area contributed by atoms with Gasteiger partial charge in [-0.1, -0.05) is 6.92 Å². The summed E-state index contributed by atoms with van der Waals surface area (Å²) in [6.07, 6.45) is 6.47. The Morgan fingerprint density at radius 3 is 3.14 bits per heavy atom. The standard InChI is InChI=1S/C16H27N3O2/c1-3-6-17-10-14-11-19(18-13(14)2)15-4-7-21-16(9-15)5-8-20-12-16/h11,15,17H,3-10,12H2,1-2H3. The first-order chi connectivity index (χ1) is 10.2. The van der Waals surface area contributed by atoms with E-state index in [1.54, 1.807) is 0 Å². The lowest BCUT2D eigenvalue weighted by molar-refractivity contribution is -0.0962. The van der Waals surface area contributed by atoms with Crippen molar-refractivity contribution in [3.05, 3.63) is 17.5 Å². The molecule has 21 heavy (non-hydrogen) atoms. The molecule has 0 aliphatic carbocycles. The van der Waals surface area contributed by atoms with Gasteiger partial charge in [-0.05, 0) is 26.3 Å². The van der Waals surface area contributed by atoms with E-state index in [9.17, 15) is 0 Å². The fourth-order valence-corrected chi connectivity index (χ4v) is 3.37. The summed E-state index contributed by atoms with van der Waals surface area (Å²) in [6, 6.07) is 0.444. The zero-order valence-corrected chi connectivity index (χ0v) is 13.2. The number of rotatable bonds is 5. The minimum atomic E-state index is -0.0522. The van der Waals surface area contributed by atoms with Crippen LogP contribution in [0.2, 0.25) is 0 Å². The molecule has 1 N–H and O–H groups in total. The Labute approximate surface area is 127 Å². The van der Waals surface area contributed by atoms with E-state index in [1.807, 2.05) is 0 Å². The van der Waals surface area contributed by atoms with Gasteiger partial charge < -0.3 is 14.8 Å². The largest absolute Gasteiger partial charge is 0.378 e. The molecule has 118 valence electrons. The van der Waals surface area contributed by atoms with Crippen LogP contribution >= 0.6 is 0 Å². The first kappa shape index (κ1) is 15.0. The molecule has 2 fully saturated rings. The number of aryl methyl sites for hydroxylation is 1. The Balaban J connectivity index is 1.67. The van der Waals surface area contributed by atoms with Crippen molar-refractivity contribution in [1.82, 2.24) is 15.1 Å². The summed E-state index contributed by atoms with van der Waals surface area (Å²) in [4.78, 5) is 0. The Bertz CT molecular complexity index is 466. The monoisotopic (exact) mass is 293 g/mol. The second-order valence-electron chi connectivity index (χ2n) is 6.38. The van der Waals surface area contributed by atoms with Crippen LogP contribution in [-0.2, 0) is 16.0 Å². The van der Waals surface area contributed by atoms with Gasteiger partial charge in [-0.15, -0.1) is 0 Å². The highest BCUT2D eigenvalue weighted by molar-refractivity contribution is 5.15. The van der Waals surface area contributed by atoms with E-state index in [4.69, 9.17) is 14.6 Å². The van der Waals surface area contributed by atoms with Gasteiger partial charge in [0.1, 0.15) is 0 Å². The lowest BCUT2D eigenvalue weighted by Crippen LogP contribution is -2.41. The summed E-state index contributed by atoms with van der Waals surface area (Å²) in [5.41, 5.74) is 2.40. The summed E-state index contributed by atoms with van der Waals surface area (Å²) < 4.78 is 13.7. The van der Waals surface area contributed by atoms with Gasteiger partial charge in [-0.25, -0.2) is 0 Å². The molecule has 5 heteroatoms. The Morgan fingerprint density at radius 1 is 1.48 bits per heavy atom. The molecule has 0 radical (unpaired) electrons. The van der Waals surface area contributed by atoms with Crippen molar-refractivity contribution in [2.75, 3.05) is 26.4 Å². The van der Waals surface area contributed by atoms with Crippen LogP contribution in [-0.4, -0.2) is 41.7 Å². The molecule has 1 aromatic heterocycles. The minimum Gasteiger partial charge on any atom is -0.378 e. The van der Waals surface area contributed by atoms with Crippen molar-refractivity contribution >= 4 is 0 Å². The lowest BCUT2D eigenvalue weighted by Gasteiger charge is -2.37. The summed E-state index contributed by atoms with van der Waals surface area (Å²) in [7, 11) is 0. The lowest BCUT2D eigenvalue weighted by atomic mass is 9.90. The minimum absolute atomic E-state index is 0.0522. The second-order valence-corrected chi connectivity index (χ2v) is 6.38. The van der Waals surface area contributed by atoms with Gasteiger partial charge in [0.2, 0.25) is 0 Å². The van der Waals surface area contributed by atoms with Crippen LogP contribution in [0, 0.1) is 6.92 Å². The Hall–Kier alpha value is -0.910. The first-order valence-corrected chi connectivity index (χ1v) is 8.19. The topological polar surface area (TPSA) is 48.3 Å². The maximum Gasteiger partial charge on any atom is 0.0957 e. The number of nitrogens with one attached hydrogen (secondary N) is 1. The van der Waals surface area contributed by atoms with Crippen molar-refractivity contribution in [2.45, 2.75) is 57.7 Å². The molecule has 0 aromatic carbocycles. The van der Waals surface area contributed by atoms with E-state index in [0.717, 1.165) is 64.3 Å². The van der Waals surface area contributed by atoms with Crippen LogP contribution in [0.5, 0.6) is 0 Å². The van der Waals surface area contributed by atoms with Crippen molar-refractivity contribution in [3.63, 3.8) is 0 Å². The van der Waals surface area contributed by atoms with Gasteiger partial charge in [-0.2, -0.15) is 5.10 Å². The number of hydrogen-bond acceptors (Lipinski definition) is 4. The molecule has 0 amide bonds. The van der Waals surface area contributed by atoms with Crippen LogP contribution in [0.15, 0.2) is 6.20 Å². The highest BCUT2D eigenvalue weighted by Gasteiger charge is 2.41. The van der Waals surface area contributed by atoms with Crippen molar-refractivity contribution < 1.29 is 9.47 Å². The predicted molar refractivity (Wildman–Crippen MR) is 81.4 cm³/mol. The molecule has 2 aliphatic rings. The van der Waals surface area contributed by atoms with Gasteiger partial charge in [0.25, 0.3) is 0 Å². The molecule has 5 nitrogen and oxygen atoms in total. The summed E-state index contributed by atoms with van der Waals surface area (Å²) >= 11 is 0. The van der Waals surface area contributed by atoms with Gasteiger partial charge in [0.15, 0.2) is 0 Å². The SMILES string of the molecule is CCCNCc1cn(C2CCOC3(CCOC3)C2)nc1C. The summed E-state index contributed by atoms with van der Waals surface area (Å²) in [6.45, 7) is 8.66. The van der Waals surface area contributed by atoms with E-state index in [1.165, 1.54) is 5.56 Å². The Kier molecular flexibility index (Phi) is 4.62. The molecule has 2 aliphatic heterocycles. The van der Waals surface area contributed by atoms with Gasteiger partial charge in [-0.3, -0.25) is 4.68 Å². The van der Waals surface area contributed by atoms with Gasteiger partial charge in [0, 0.05) is 44.4 Å². The maximum atomic E-state index is 6.02. The molecule has 2 unspecified atom stereocenters. The quantitative estimate of drug-likeness (QED) is 0.846. The van der Waals surface area contributed by atoms with Crippen LogP contribution in [0.25, 0.3) is 0 Å². The van der Waals surface area contributed by atoms with Crippen LogP contribution < -0.4 is 5.32 Å². The molecule has 3 rings (SSSR count). The van der Waals surface area contributed by atoms with E-state index < -0.39 is 0 Å². The average Bonchev–Trinajstić information content (AvgIpc) is 3.07. The molecular weight excluding hydrogens is 266 g/mol. The normalized spacial score (nSPS) is 29.3. The number of ether oxygens (including phenoxy) is 2. The van der Waals surface area contributed by atoms with E-state index in [2.05, 4.69) is 30.0 Å². The molecule has 2 saturated heterocycles. The van der Waals surface area contributed by atoms with Gasteiger partial charge >= 0.3 is 0 Å². The van der Waals surface area contributed by atoms with Crippen molar-refractivity contribution in [3.8, 4) is 0 Å². The third-order valence-corrected chi connectivity index (χ3v) is 4.67. The number of aromatic nitrogens is 2. The molecule has 1 aromatic rings.